The fourth-order valence-corrected chi connectivity index (χ4v) is 4.53. The number of hydrogen-bond acceptors (Lipinski definition) is 6. The monoisotopic (exact) mass is 358 g/mol. The smallest absolute Gasteiger partial charge is 0.356 e. The Morgan fingerprint density at radius 3 is 2.04 bits per heavy atom. The summed E-state index contributed by atoms with van der Waals surface area (Å²) < 4.78 is 48.6. The van der Waals surface area contributed by atoms with Crippen molar-refractivity contribution >= 4 is 25.6 Å². The number of benzene rings is 1. The minimum absolute atomic E-state index is 0.199. The molecule has 1 heterocycles. The largest absolute Gasteiger partial charge is 0.476 e. The second-order valence-corrected chi connectivity index (χ2v) is 9.02. The first-order chi connectivity index (χ1) is 10.4. The van der Waals surface area contributed by atoms with Crippen molar-refractivity contribution in [3.05, 3.63) is 30.0 Å². The molecular weight excluding hydrogens is 344 g/mol. The van der Waals surface area contributed by atoms with Crippen LogP contribution in [0.2, 0.25) is 0 Å². The Balaban J connectivity index is 2.75. The van der Waals surface area contributed by atoms with Crippen molar-refractivity contribution in [3.8, 4) is 11.3 Å². The Bertz CT molecular complexity index is 1000. The maximum atomic E-state index is 11.9. The Morgan fingerprint density at radius 1 is 1.04 bits per heavy atom. The molecule has 0 aliphatic rings. The van der Waals surface area contributed by atoms with Crippen molar-refractivity contribution in [2.24, 2.45) is 7.05 Å². The highest BCUT2D eigenvalue weighted by atomic mass is 32.2. The van der Waals surface area contributed by atoms with Gasteiger partial charge in [0.25, 0.3) is 0 Å². The van der Waals surface area contributed by atoms with E-state index in [0.717, 1.165) is 12.5 Å². The maximum absolute atomic E-state index is 11.9. The number of carbonyl (C=O) groups is 1. The van der Waals surface area contributed by atoms with E-state index in [1.807, 2.05) is 0 Å². The van der Waals surface area contributed by atoms with Gasteiger partial charge < -0.3 is 5.11 Å². The topological polar surface area (TPSA) is 123 Å². The van der Waals surface area contributed by atoms with Gasteiger partial charge in [0.1, 0.15) is 0 Å². The number of hydrogen-bond donors (Lipinski definition) is 1. The minimum atomic E-state index is -3.79. The highest BCUT2D eigenvalue weighted by molar-refractivity contribution is 7.93. The van der Waals surface area contributed by atoms with Crippen molar-refractivity contribution in [2.75, 3.05) is 12.5 Å². The van der Waals surface area contributed by atoms with E-state index in [4.69, 9.17) is 5.11 Å². The standard InChI is InChI=1S/C13H14N2O6S2/c1-15-10(7-9(14-15)13(16)17)8-4-5-11(22(2,18)19)12(6-8)23(3,20)21/h4-7H,1-3H3,(H,16,17). The third-order valence-corrected chi connectivity index (χ3v) is 5.56. The van der Waals surface area contributed by atoms with Crippen molar-refractivity contribution in [1.82, 2.24) is 9.78 Å². The summed E-state index contributed by atoms with van der Waals surface area (Å²) in [7, 11) is -6.02. The molecule has 1 N–H and O–H groups in total. The van der Waals surface area contributed by atoms with E-state index >= 15 is 0 Å². The second kappa shape index (κ2) is 5.46. The number of aromatic carboxylic acids is 1. The second-order valence-electron chi connectivity index (χ2n) is 5.05. The molecule has 0 saturated heterocycles. The molecule has 23 heavy (non-hydrogen) atoms. The zero-order valence-electron chi connectivity index (χ0n) is 12.5. The van der Waals surface area contributed by atoms with E-state index < -0.39 is 25.6 Å². The molecule has 0 atom stereocenters. The average Bonchev–Trinajstić information content (AvgIpc) is 2.78. The molecule has 0 amide bonds. The Hall–Kier alpha value is -2.20. The average molecular weight is 358 g/mol. The summed E-state index contributed by atoms with van der Waals surface area (Å²) in [5, 5.41) is 12.8. The van der Waals surface area contributed by atoms with Gasteiger partial charge in [0.2, 0.25) is 0 Å². The first kappa shape index (κ1) is 17.2. The lowest BCUT2D eigenvalue weighted by Crippen LogP contribution is -2.08. The molecule has 0 fully saturated rings. The van der Waals surface area contributed by atoms with Crippen LogP contribution in [0, 0.1) is 0 Å². The van der Waals surface area contributed by atoms with Gasteiger partial charge in [-0.15, -0.1) is 0 Å². The van der Waals surface area contributed by atoms with Crippen molar-refractivity contribution in [1.29, 1.82) is 0 Å². The van der Waals surface area contributed by atoms with Crippen LogP contribution in [0.5, 0.6) is 0 Å². The van der Waals surface area contributed by atoms with Crippen molar-refractivity contribution < 1.29 is 26.7 Å². The summed E-state index contributed by atoms with van der Waals surface area (Å²) in [6, 6.07) is 5.08. The van der Waals surface area contributed by atoms with Gasteiger partial charge in [0.15, 0.2) is 25.4 Å². The van der Waals surface area contributed by atoms with Gasteiger partial charge >= 0.3 is 5.97 Å². The van der Waals surface area contributed by atoms with Gasteiger partial charge in [0.05, 0.1) is 15.5 Å². The molecule has 2 rings (SSSR count). The van der Waals surface area contributed by atoms with E-state index in [0.29, 0.717) is 11.3 Å². The number of aryl methyl sites for hydroxylation is 1. The van der Waals surface area contributed by atoms with E-state index in [9.17, 15) is 21.6 Å². The van der Waals surface area contributed by atoms with Crippen LogP contribution in [-0.2, 0) is 26.7 Å². The van der Waals surface area contributed by atoms with Crippen LogP contribution in [0.4, 0.5) is 0 Å². The van der Waals surface area contributed by atoms with E-state index in [2.05, 4.69) is 5.10 Å². The van der Waals surface area contributed by atoms with E-state index in [1.165, 1.54) is 36.0 Å². The van der Waals surface area contributed by atoms with Crippen LogP contribution < -0.4 is 0 Å². The molecule has 1 aromatic heterocycles. The van der Waals surface area contributed by atoms with Crippen LogP contribution in [-0.4, -0.2) is 50.2 Å². The Labute approximate surface area is 133 Å². The zero-order chi connectivity index (χ0) is 17.6. The lowest BCUT2D eigenvalue weighted by Gasteiger charge is -2.09. The van der Waals surface area contributed by atoms with Crippen LogP contribution in [0.1, 0.15) is 10.5 Å². The Morgan fingerprint density at radius 2 is 1.61 bits per heavy atom. The van der Waals surface area contributed by atoms with E-state index in [1.54, 1.807) is 0 Å². The summed E-state index contributed by atoms with van der Waals surface area (Å²) in [6.07, 6.45) is 1.83. The van der Waals surface area contributed by atoms with E-state index in [-0.39, 0.29) is 15.5 Å². The highest BCUT2D eigenvalue weighted by Gasteiger charge is 2.22. The van der Waals surface area contributed by atoms with Crippen LogP contribution in [0.3, 0.4) is 0 Å². The molecule has 1 aromatic carbocycles. The number of rotatable bonds is 4. The van der Waals surface area contributed by atoms with Gasteiger partial charge in [0, 0.05) is 25.1 Å². The molecular formula is C13H14N2O6S2. The molecule has 0 saturated carbocycles. The lowest BCUT2D eigenvalue weighted by molar-refractivity contribution is 0.0689. The predicted molar refractivity (Wildman–Crippen MR) is 81.8 cm³/mol. The van der Waals surface area contributed by atoms with Gasteiger partial charge in [-0.2, -0.15) is 5.10 Å². The first-order valence-corrected chi connectivity index (χ1v) is 10.0. The molecule has 8 nitrogen and oxygen atoms in total. The van der Waals surface area contributed by atoms with Crippen molar-refractivity contribution in [2.45, 2.75) is 9.79 Å². The van der Waals surface area contributed by atoms with Gasteiger partial charge in [-0.3, -0.25) is 4.68 Å². The predicted octanol–water partition coefficient (Wildman–Crippen LogP) is 0.592. The number of carboxylic acid groups (broad SMARTS) is 1. The highest BCUT2D eigenvalue weighted by Crippen LogP contribution is 2.28. The molecule has 0 aliphatic heterocycles. The molecule has 0 spiro atoms. The maximum Gasteiger partial charge on any atom is 0.356 e. The molecule has 0 bridgehead atoms. The number of nitrogens with zero attached hydrogens (tertiary/aromatic N) is 2. The summed E-state index contributed by atoms with van der Waals surface area (Å²) in [4.78, 5) is 10.3. The van der Waals surface area contributed by atoms with Crippen LogP contribution >= 0.6 is 0 Å². The third-order valence-electron chi connectivity index (χ3n) is 3.14. The van der Waals surface area contributed by atoms with Gasteiger partial charge in [-0.1, -0.05) is 6.07 Å². The zero-order valence-corrected chi connectivity index (χ0v) is 14.1. The quantitative estimate of drug-likeness (QED) is 0.848. The number of aromatic nitrogens is 2. The Kier molecular flexibility index (Phi) is 4.07. The number of sulfone groups is 2. The molecule has 10 heteroatoms. The van der Waals surface area contributed by atoms with Crippen molar-refractivity contribution in [3.63, 3.8) is 0 Å². The first-order valence-electron chi connectivity index (χ1n) is 6.23. The fraction of sp³-hybridized carbons (Fsp3) is 0.231. The number of carboxylic acids is 1. The fourth-order valence-electron chi connectivity index (χ4n) is 2.11. The molecule has 2 aromatic rings. The van der Waals surface area contributed by atoms with Gasteiger partial charge in [-0.25, -0.2) is 21.6 Å². The normalized spacial score (nSPS) is 12.3. The van der Waals surface area contributed by atoms with Crippen LogP contribution in [0.25, 0.3) is 11.3 Å². The summed E-state index contributed by atoms with van der Waals surface area (Å²) in [5.74, 6) is -1.22. The third kappa shape index (κ3) is 3.42. The SMILES string of the molecule is Cn1nc(C(=O)O)cc1-c1ccc(S(C)(=O)=O)c(S(C)(=O)=O)c1. The molecule has 0 aliphatic carbocycles. The van der Waals surface area contributed by atoms with Crippen LogP contribution in [0.15, 0.2) is 34.1 Å². The summed E-state index contributed by atoms with van der Waals surface area (Å²) in [5.41, 5.74) is 0.503. The molecule has 0 radical (unpaired) electrons. The summed E-state index contributed by atoms with van der Waals surface area (Å²) in [6.45, 7) is 0. The molecule has 0 unspecified atom stereocenters. The minimum Gasteiger partial charge on any atom is -0.476 e. The molecule has 124 valence electrons. The lowest BCUT2D eigenvalue weighted by atomic mass is 10.1. The summed E-state index contributed by atoms with van der Waals surface area (Å²) >= 11 is 0. The van der Waals surface area contributed by atoms with Gasteiger partial charge in [-0.05, 0) is 18.2 Å².